The molecule has 3 aromatic rings. The molecule has 2 aliphatic rings. The highest BCUT2D eigenvalue weighted by Crippen LogP contribution is 2.29. The largest absolute Gasteiger partial charge is 0.378 e. The van der Waals surface area contributed by atoms with Crippen LogP contribution in [-0.4, -0.2) is 59.1 Å². The normalized spacial score (nSPS) is 16.3. The summed E-state index contributed by atoms with van der Waals surface area (Å²) in [5, 5.41) is 1.04. The number of hydrogen-bond acceptors (Lipinski definition) is 6. The number of para-hydroxylation sites is 1. The molecule has 8 nitrogen and oxygen atoms in total. The van der Waals surface area contributed by atoms with Gasteiger partial charge in [0.2, 0.25) is 0 Å². The van der Waals surface area contributed by atoms with Gasteiger partial charge in [0.25, 0.3) is 17.4 Å². The van der Waals surface area contributed by atoms with E-state index in [4.69, 9.17) is 4.74 Å². The van der Waals surface area contributed by atoms with Crippen molar-refractivity contribution in [2.75, 3.05) is 37.7 Å². The highest BCUT2D eigenvalue weighted by molar-refractivity contribution is 6.23. The van der Waals surface area contributed by atoms with Gasteiger partial charge in [-0.15, -0.1) is 0 Å². The summed E-state index contributed by atoms with van der Waals surface area (Å²) in [6.07, 6.45) is 1.91. The van der Waals surface area contributed by atoms with Crippen molar-refractivity contribution in [3.05, 3.63) is 69.8 Å². The summed E-state index contributed by atoms with van der Waals surface area (Å²) in [4.78, 5) is 46.9. The van der Waals surface area contributed by atoms with Crippen LogP contribution in [0.5, 0.6) is 0 Å². The van der Waals surface area contributed by atoms with Crippen molar-refractivity contribution in [2.24, 2.45) is 7.05 Å². The Labute approximate surface area is 178 Å². The topological polar surface area (TPSA) is 84.7 Å². The average molecular weight is 418 g/mol. The number of ether oxygens (including phenoxy) is 1. The maximum atomic E-state index is 13.2. The summed E-state index contributed by atoms with van der Waals surface area (Å²) in [6, 6.07) is 11.7. The average Bonchev–Trinajstić information content (AvgIpc) is 3.02. The van der Waals surface area contributed by atoms with E-state index in [1.807, 2.05) is 41.3 Å². The fourth-order valence-corrected chi connectivity index (χ4v) is 4.23. The van der Waals surface area contributed by atoms with Crippen LogP contribution >= 0.6 is 0 Å². The van der Waals surface area contributed by atoms with E-state index in [0.29, 0.717) is 38.4 Å². The fraction of sp³-hybridized carbons (Fsp3) is 0.304. The van der Waals surface area contributed by atoms with Crippen molar-refractivity contribution in [1.82, 2.24) is 14.5 Å². The van der Waals surface area contributed by atoms with Crippen LogP contribution in [0.4, 0.5) is 5.69 Å². The van der Waals surface area contributed by atoms with E-state index >= 15 is 0 Å². The highest BCUT2D eigenvalue weighted by atomic mass is 16.5. The maximum Gasteiger partial charge on any atom is 0.274 e. The van der Waals surface area contributed by atoms with Gasteiger partial charge in [0.05, 0.1) is 29.9 Å². The number of aromatic nitrogens is 2. The van der Waals surface area contributed by atoms with Crippen LogP contribution in [0, 0.1) is 0 Å². The van der Waals surface area contributed by atoms with Crippen molar-refractivity contribution >= 4 is 28.4 Å². The maximum absolute atomic E-state index is 13.2. The zero-order valence-corrected chi connectivity index (χ0v) is 17.2. The third-order valence-corrected chi connectivity index (χ3v) is 5.86. The Bertz CT molecular complexity index is 1260. The number of carbonyl (C=O) groups excluding carboxylic acids is 2. The summed E-state index contributed by atoms with van der Waals surface area (Å²) in [6.45, 7) is 2.18. The zero-order chi connectivity index (χ0) is 21.5. The minimum atomic E-state index is -0.417. The van der Waals surface area contributed by atoms with Gasteiger partial charge in [-0.3, -0.25) is 24.3 Å². The second-order valence-corrected chi connectivity index (χ2v) is 7.79. The van der Waals surface area contributed by atoms with Gasteiger partial charge in [-0.2, -0.15) is 0 Å². The molecule has 0 bridgehead atoms. The molecule has 31 heavy (non-hydrogen) atoms. The number of rotatable bonds is 4. The molecule has 8 heteroatoms. The number of aryl methyl sites for hydroxylation is 1. The smallest absolute Gasteiger partial charge is 0.274 e. The van der Waals surface area contributed by atoms with Crippen molar-refractivity contribution < 1.29 is 14.3 Å². The number of fused-ring (bicyclic) bond motifs is 2. The predicted octanol–water partition coefficient (Wildman–Crippen LogP) is 1.61. The number of imide groups is 1. The van der Waals surface area contributed by atoms with Crippen molar-refractivity contribution in [3.8, 4) is 0 Å². The summed E-state index contributed by atoms with van der Waals surface area (Å²) in [5.41, 5.74) is 2.19. The molecule has 4 heterocycles. The lowest BCUT2D eigenvalue weighted by molar-refractivity contribution is 0.0655. The van der Waals surface area contributed by atoms with Crippen LogP contribution < -0.4 is 10.5 Å². The molecule has 0 radical (unpaired) electrons. The van der Waals surface area contributed by atoms with E-state index in [1.54, 1.807) is 7.05 Å². The van der Waals surface area contributed by atoms with Crippen molar-refractivity contribution in [3.63, 3.8) is 0 Å². The Morgan fingerprint density at radius 2 is 1.77 bits per heavy atom. The molecular weight excluding hydrogens is 396 g/mol. The highest BCUT2D eigenvalue weighted by Gasteiger charge is 2.40. The SMILES string of the molecule is Cn1cc2c(c(N3CCOCC3)c1=O)C(=O)N(CCc1ccc3ccccc3n1)C2=O. The number of carbonyl (C=O) groups is 2. The minimum Gasteiger partial charge on any atom is -0.378 e. The first-order valence-corrected chi connectivity index (χ1v) is 10.3. The Morgan fingerprint density at radius 3 is 2.58 bits per heavy atom. The lowest BCUT2D eigenvalue weighted by Gasteiger charge is -2.29. The van der Waals surface area contributed by atoms with Gasteiger partial charge in [-0.25, -0.2) is 0 Å². The second-order valence-electron chi connectivity index (χ2n) is 7.79. The van der Waals surface area contributed by atoms with E-state index in [1.165, 1.54) is 15.7 Å². The molecule has 0 saturated carbocycles. The van der Waals surface area contributed by atoms with Gasteiger partial charge < -0.3 is 14.2 Å². The van der Waals surface area contributed by atoms with E-state index in [9.17, 15) is 14.4 Å². The van der Waals surface area contributed by atoms with E-state index in [0.717, 1.165) is 16.6 Å². The molecule has 2 amide bonds. The Morgan fingerprint density at radius 1 is 1.00 bits per heavy atom. The quantitative estimate of drug-likeness (QED) is 0.599. The lowest BCUT2D eigenvalue weighted by atomic mass is 10.1. The van der Waals surface area contributed by atoms with Gasteiger partial charge in [0, 0.05) is 50.4 Å². The molecule has 0 aliphatic carbocycles. The van der Waals surface area contributed by atoms with Crippen LogP contribution in [0.2, 0.25) is 0 Å². The molecule has 1 aromatic carbocycles. The molecule has 1 fully saturated rings. The van der Waals surface area contributed by atoms with Gasteiger partial charge in [0.1, 0.15) is 5.69 Å². The number of amides is 2. The Balaban J connectivity index is 1.45. The monoisotopic (exact) mass is 418 g/mol. The number of nitrogens with zero attached hydrogens (tertiary/aromatic N) is 4. The molecular formula is C23H22N4O4. The zero-order valence-electron chi connectivity index (χ0n) is 17.2. The number of morpholine rings is 1. The molecule has 0 unspecified atom stereocenters. The Hall–Kier alpha value is -3.52. The van der Waals surface area contributed by atoms with Crippen LogP contribution in [0.25, 0.3) is 10.9 Å². The molecule has 1 saturated heterocycles. The second kappa shape index (κ2) is 7.63. The van der Waals surface area contributed by atoms with Crippen LogP contribution in [0.3, 0.4) is 0 Å². The standard InChI is InChI=1S/C23H22N4O4/c1-25-14-17-19(20(23(25)30)26-10-12-31-13-11-26)22(29)27(21(17)28)9-8-16-7-6-15-4-2-3-5-18(15)24-16/h2-7,14H,8-13H2,1H3. The first-order valence-electron chi connectivity index (χ1n) is 10.3. The first-order chi connectivity index (χ1) is 15.0. The molecule has 0 N–H and O–H groups in total. The molecule has 0 atom stereocenters. The number of benzene rings is 1. The van der Waals surface area contributed by atoms with Gasteiger partial charge in [-0.1, -0.05) is 24.3 Å². The van der Waals surface area contributed by atoms with Gasteiger partial charge in [-0.05, 0) is 12.1 Å². The van der Waals surface area contributed by atoms with Crippen molar-refractivity contribution in [2.45, 2.75) is 6.42 Å². The molecule has 0 spiro atoms. The van der Waals surface area contributed by atoms with E-state index < -0.39 is 5.91 Å². The number of anilines is 1. The third kappa shape index (κ3) is 3.29. The summed E-state index contributed by atoms with van der Waals surface area (Å²) >= 11 is 0. The minimum absolute atomic E-state index is 0.206. The number of hydrogen-bond donors (Lipinski definition) is 0. The molecule has 2 aromatic heterocycles. The fourth-order valence-electron chi connectivity index (χ4n) is 4.23. The van der Waals surface area contributed by atoms with Crippen LogP contribution in [0.1, 0.15) is 26.4 Å². The predicted molar refractivity (Wildman–Crippen MR) is 116 cm³/mol. The molecule has 2 aliphatic heterocycles. The summed E-state index contributed by atoms with van der Waals surface area (Å²) in [5.74, 6) is -0.786. The van der Waals surface area contributed by atoms with E-state index in [-0.39, 0.29) is 29.1 Å². The Kier molecular flexibility index (Phi) is 4.78. The van der Waals surface area contributed by atoms with Crippen LogP contribution in [-0.2, 0) is 18.2 Å². The van der Waals surface area contributed by atoms with Gasteiger partial charge >= 0.3 is 0 Å². The first kappa shape index (κ1) is 19.4. The van der Waals surface area contributed by atoms with Gasteiger partial charge in [0.15, 0.2) is 0 Å². The molecule has 158 valence electrons. The summed E-state index contributed by atoms with van der Waals surface area (Å²) in [7, 11) is 1.60. The number of pyridine rings is 2. The third-order valence-electron chi connectivity index (χ3n) is 5.86. The lowest BCUT2D eigenvalue weighted by Crippen LogP contribution is -2.41. The molecule has 5 rings (SSSR count). The van der Waals surface area contributed by atoms with E-state index in [2.05, 4.69) is 4.98 Å². The summed E-state index contributed by atoms with van der Waals surface area (Å²) < 4.78 is 6.76. The van der Waals surface area contributed by atoms with Crippen molar-refractivity contribution in [1.29, 1.82) is 0 Å². The van der Waals surface area contributed by atoms with Crippen LogP contribution in [0.15, 0.2) is 47.4 Å².